The van der Waals surface area contributed by atoms with Crippen molar-refractivity contribution in [2.75, 3.05) is 4.90 Å². The Kier molecular flexibility index (Phi) is 2.34. The van der Waals surface area contributed by atoms with Crippen LogP contribution in [0.25, 0.3) is 0 Å². The normalized spacial score (nSPS) is 32.9. The number of amides is 2. The van der Waals surface area contributed by atoms with Gasteiger partial charge in [0.1, 0.15) is 5.69 Å². The molecule has 0 unspecified atom stereocenters. The zero-order valence-electron chi connectivity index (χ0n) is 11.0. The Morgan fingerprint density at radius 3 is 2.19 bits per heavy atom. The summed E-state index contributed by atoms with van der Waals surface area (Å²) >= 11 is 0. The monoisotopic (exact) mass is 284 g/mol. The lowest BCUT2D eigenvalue weighted by Crippen LogP contribution is -2.33. The average Bonchev–Trinajstić information content (AvgIpc) is 3.13. The third-order valence-corrected chi connectivity index (χ3v) is 4.79. The van der Waals surface area contributed by atoms with Gasteiger partial charge in [-0.25, -0.2) is 4.90 Å². The number of imide groups is 1. The van der Waals surface area contributed by atoms with E-state index in [-0.39, 0.29) is 46.9 Å². The second-order valence-corrected chi connectivity index (χ2v) is 5.76. The molecule has 3 aliphatic rings. The highest BCUT2D eigenvalue weighted by atomic mass is 16.6. The maximum Gasteiger partial charge on any atom is 0.293 e. The highest BCUT2D eigenvalue weighted by Crippen LogP contribution is 2.53. The molecule has 2 bridgehead atoms. The number of fused-ring (bicyclic) bond motifs is 5. The first-order valence-corrected chi connectivity index (χ1v) is 6.89. The summed E-state index contributed by atoms with van der Waals surface area (Å²) in [5.41, 5.74) is -0.120. The average molecular weight is 284 g/mol. The van der Waals surface area contributed by atoms with E-state index < -0.39 is 4.92 Å². The minimum absolute atomic E-state index is 0.0892. The summed E-state index contributed by atoms with van der Waals surface area (Å²) in [5, 5.41) is 11.1. The molecule has 6 nitrogen and oxygen atoms in total. The predicted molar refractivity (Wildman–Crippen MR) is 73.3 cm³/mol. The van der Waals surface area contributed by atoms with E-state index in [0.717, 1.165) is 11.3 Å². The SMILES string of the molecule is O=C1[C@H]2[C@H](C(=O)N1c1ccccc1[N+](=O)[O-])[C@H]1C=C[C@H]2C1. The fourth-order valence-corrected chi connectivity index (χ4v) is 3.95. The van der Waals surface area contributed by atoms with Gasteiger partial charge in [0, 0.05) is 6.07 Å². The maximum atomic E-state index is 12.6. The number of benzene rings is 1. The molecule has 1 saturated carbocycles. The van der Waals surface area contributed by atoms with E-state index in [0.29, 0.717) is 0 Å². The molecule has 2 amide bonds. The second kappa shape index (κ2) is 4.00. The summed E-state index contributed by atoms with van der Waals surface area (Å²) in [5.74, 6) is -1.07. The minimum atomic E-state index is -0.559. The number of hydrogen-bond acceptors (Lipinski definition) is 4. The molecular weight excluding hydrogens is 272 g/mol. The van der Waals surface area contributed by atoms with Gasteiger partial charge in [0.25, 0.3) is 5.69 Å². The molecule has 106 valence electrons. The number of nitro benzene ring substituents is 1. The van der Waals surface area contributed by atoms with E-state index >= 15 is 0 Å². The van der Waals surface area contributed by atoms with Gasteiger partial charge >= 0.3 is 0 Å². The Balaban J connectivity index is 1.80. The fraction of sp³-hybridized carbons (Fsp3) is 0.333. The van der Waals surface area contributed by atoms with Crippen molar-refractivity contribution in [2.24, 2.45) is 23.7 Å². The van der Waals surface area contributed by atoms with Gasteiger partial charge in [-0.05, 0) is 24.3 Å². The van der Waals surface area contributed by atoms with Crippen LogP contribution < -0.4 is 4.90 Å². The number of nitro groups is 1. The van der Waals surface area contributed by atoms with Gasteiger partial charge in [0.05, 0.1) is 16.8 Å². The van der Waals surface area contributed by atoms with Gasteiger partial charge < -0.3 is 0 Å². The lowest BCUT2D eigenvalue weighted by atomic mass is 9.85. The molecule has 1 aromatic carbocycles. The molecule has 1 aromatic rings. The number of rotatable bonds is 2. The third kappa shape index (κ3) is 1.47. The zero-order valence-corrected chi connectivity index (χ0v) is 11.0. The molecule has 0 aromatic heterocycles. The quantitative estimate of drug-likeness (QED) is 0.359. The molecule has 1 aliphatic heterocycles. The van der Waals surface area contributed by atoms with Crippen molar-refractivity contribution in [1.82, 2.24) is 0 Å². The van der Waals surface area contributed by atoms with Gasteiger partial charge in [-0.3, -0.25) is 19.7 Å². The van der Waals surface area contributed by atoms with Gasteiger partial charge in [-0.15, -0.1) is 0 Å². The van der Waals surface area contributed by atoms with Crippen molar-refractivity contribution < 1.29 is 14.5 Å². The van der Waals surface area contributed by atoms with Crippen molar-refractivity contribution in [3.63, 3.8) is 0 Å². The molecule has 2 aliphatic carbocycles. The summed E-state index contributed by atoms with van der Waals surface area (Å²) < 4.78 is 0. The predicted octanol–water partition coefficient (Wildman–Crippen LogP) is 1.91. The molecular formula is C15H12N2O4. The maximum absolute atomic E-state index is 12.6. The van der Waals surface area contributed by atoms with Crippen molar-refractivity contribution >= 4 is 23.2 Å². The van der Waals surface area contributed by atoms with Gasteiger partial charge in [0.15, 0.2) is 0 Å². The summed E-state index contributed by atoms with van der Waals surface area (Å²) in [7, 11) is 0. The molecule has 2 fully saturated rings. The van der Waals surface area contributed by atoms with E-state index in [9.17, 15) is 19.7 Å². The Morgan fingerprint density at radius 2 is 1.62 bits per heavy atom. The molecule has 0 N–H and O–H groups in total. The van der Waals surface area contributed by atoms with E-state index in [1.807, 2.05) is 12.2 Å². The molecule has 1 heterocycles. The first-order chi connectivity index (χ1) is 10.1. The van der Waals surface area contributed by atoms with Crippen LogP contribution >= 0.6 is 0 Å². The van der Waals surface area contributed by atoms with Crippen LogP contribution in [-0.4, -0.2) is 16.7 Å². The molecule has 0 radical (unpaired) electrons. The van der Waals surface area contributed by atoms with Crippen LogP contribution in [0.4, 0.5) is 11.4 Å². The van der Waals surface area contributed by atoms with E-state index in [2.05, 4.69) is 0 Å². The third-order valence-electron chi connectivity index (χ3n) is 4.79. The Labute approximate surface area is 120 Å². The number of para-hydroxylation sites is 2. The first-order valence-electron chi connectivity index (χ1n) is 6.89. The largest absolute Gasteiger partial charge is 0.293 e. The fourth-order valence-electron chi connectivity index (χ4n) is 3.95. The van der Waals surface area contributed by atoms with Crippen molar-refractivity contribution in [2.45, 2.75) is 6.42 Å². The van der Waals surface area contributed by atoms with Gasteiger partial charge in [0.2, 0.25) is 11.8 Å². The lowest BCUT2D eigenvalue weighted by Gasteiger charge is -2.16. The summed E-state index contributed by atoms with van der Waals surface area (Å²) in [4.78, 5) is 36.8. The van der Waals surface area contributed by atoms with Crippen LogP contribution in [-0.2, 0) is 9.59 Å². The Hall–Kier alpha value is -2.50. The van der Waals surface area contributed by atoms with Crippen molar-refractivity contribution in [3.8, 4) is 0 Å². The molecule has 4 atom stereocenters. The molecule has 21 heavy (non-hydrogen) atoms. The standard InChI is InChI=1S/C15H12N2O4/c18-14-12-8-5-6-9(7-8)13(12)15(19)16(14)10-3-1-2-4-11(10)17(20)21/h1-6,8-9,12-13H,7H2/t8-,9-,12+,13+/m0/s1. The van der Waals surface area contributed by atoms with Crippen LogP contribution in [0.1, 0.15) is 6.42 Å². The Morgan fingerprint density at radius 1 is 1.05 bits per heavy atom. The molecule has 4 rings (SSSR count). The topological polar surface area (TPSA) is 80.5 Å². The molecule has 6 heteroatoms. The second-order valence-electron chi connectivity index (χ2n) is 5.76. The number of hydrogen-bond donors (Lipinski definition) is 0. The van der Waals surface area contributed by atoms with Crippen LogP contribution in [0.15, 0.2) is 36.4 Å². The van der Waals surface area contributed by atoms with E-state index in [4.69, 9.17) is 0 Å². The number of carbonyl (C=O) groups is 2. The molecule has 1 saturated heterocycles. The number of carbonyl (C=O) groups excluding carboxylic acids is 2. The number of anilines is 1. The highest BCUT2D eigenvalue weighted by Gasteiger charge is 2.60. The van der Waals surface area contributed by atoms with Crippen LogP contribution in [0, 0.1) is 33.8 Å². The lowest BCUT2D eigenvalue weighted by molar-refractivity contribution is -0.384. The highest BCUT2D eigenvalue weighted by molar-refractivity contribution is 6.23. The molecule has 0 spiro atoms. The van der Waals surface area contributed by atoms with Crippen LogP contribution in [0.2, 0.25) is 0 Å². The number of allylic oxidation sites excluding steroid dienone is 2. The zero-order chi connectivity index (χ0) is 14.7. The van der Waals surface area contributed by atoms with Crippen molar-refractivity contribution in [1.29, 1.82) is 0 Å². The van der Waals surface area contributed by atoms with Crippen LogP contribution in [0.5, 0.6) is 0 Å². The van der Waals surface area contributed by atoms with Crippen LogP contribution in [0.3, 0.4) is 0 Å². The minimum Gasteiger partial charge on any atom is -0.274 e. The summed E-state index contributed by atoms with van der Waals surface area (Å²) in [6.45, 7) is 0. The number of nitrogens with zero attached hydrogens (tertiary/aromatic N) is 2. The smallest absolute Gasteiger partial charge is 0.274 e. The first kappa shape index (κ1) is 12.3. The summed E-state index contributed by atoms with van der Waals surface area (Å²) in [6, 6.07) is 5.91. The van der Waals surface area contributed by atoms with Gasteiger partial charge in [-0.1, -0.05) is 24.3 Å². The summed E-state index contributed by atoms with van der Waals surface area (Å²) in [6.07, 6.45) is 4.84. The Bertz CT molecular complexity index is 681. The van der Waals surface area contributed by atoms with Crippen molar-refractivity contribution in [3.05, 3.63) is 46.5 Å². The van der Waals surface area contributed by atoms with Gasteiger partial charge in [-0.2, -0.15) is 0 Å². The van der Waals surface area contributed by atoms with E-state index in [1.165, 1.54) is 18.2 Å². The van der Waals surface area contributed by atoms with E-state index in [1.54, 1.807) is 6.07 Å².